The van der Waals surface area contributed by atoms with E-state index in [0.717, 1.165) is 24.0 Å². The van der Waals surface area contributed by atoms with Crippen LogP contribution in [0.2, 0.25) is 0 Å². The Balaban J connectivity index is 2.41. The molecule has 0 aromatic heterocycles. The highest BCUT2D eigenvalue weighted by Gasteiger charge is 2.42. The molecular weight excluding hydrogens is 152 g/mol. The van der Waals surface area contributed by atoms with Crippen LogP contribution in [0.1, 0.15) is 24.0 Å². The van der Waals surface area contributed by atoms with Crippen LogP contribution in [0.5, 0.6) is 5.75 Å². The van der Waals surface area contributed by atoms with E-state index in [1.54, 1.807) is 12.1 Å². The molecule has 64 valence electrons. The molecule has 1 aromatic rings. The molecule has 0 heterocycles. The largest absolute Gasteiger partial charge is 0.508 e. The lowest BCUT2D eigenvalue weighted by atomic mass is 10.0. The zero-order chi connectivity index (χ0) is 8.77. The van der Waals surface area contributed by atoms with Crippen LogP contribution in [0.3, 0.4) is 0 Å². The maximum atomic E-state index is 9.73. The van der Waals surface area contributed by atoms with E-state index in [1.165, 1.54) is 0 Å². The Morgan fingerprint density at radius 1 is 1.33 bits per heavy atom. The second kappa shape index (κ2) is 2.23. The number of aromatic hydroxyl groups is 1. The fourth-order valence-corrected chi connectivity index (χ4v) is 1.35. The van der Waals surface area contributed by atoms with Crippen molar-refractivity contribution in [1.82, 2.24) is 0 Å². The predicted molar refractivity (Wildman–Crippen MR) is 46.0 cm³/mol. The molecule has 0 radical (unpaired) electrons. The minimum Gasteiger partial charge on any atom is -0.508 e. The van der Waals surface area contributed by atoms with E-state index in [4.69, 9.17) is 0 Å². The summed E-state index contributed by atoms with van der Waals surface area (Å²) in [7, 11) is 0. The molecule has 0 unspecified atom stereocenters. The van der Waals surface area contributed by atoms with Gasteiger partial charge in [-0.1, -0.05) is 6.07 Å². The lowest BCUT2D eigenvalue weighted by Crippen LogP contribution is -2.03. The van der Waals surface area contributed by atoms with Crippen molar-refractivity contribution >= 4 is 0 Å². The minimum absolute atomic E-state index is 0.294. The van der Waals surface area contributed by atoms with Gasteiger partial charge in [-0.15, -0.1) is 0 Å². The highest BCUT2D eigenvalue weighted by molar-refractivity contribution is 5.39. The van der Waals surface area contributed by atoms with Crippen LogP contribution in [0.25, 0.3) is 0 Å². The minimum atomic E-state index is -0.585. The first-order valence-electron chi connectivity index (χ1n) is 4.14. The van der Waals surface area contributed by atoms with Crippen LogP contribution in [0.15, 0.2) is 18.2 Å². The van der Waals surface area contributed by atoms with E-state index in [0.29, 0.717) is 5.75 Å². The lowest BCUT2D eigenvalue weighted by molar-refractivity contribution is 0.151. The van der Waals surface area contributed by atoms with Crippen molar-refractivity contribution in [3.63, 3.8) is 0 Å². The SMILES string of the molecule is Cc1cc(C2(O)CC2)ccc1O. The van der Waals surface area contributed by atoms with Gasteiger partial charge in [0, 0.05) is 0 Å². The average Bonchev–Trinajstić information content (AvgIpc) is 2.75. The molecule has 2 rings (SSSR count). The molecule has 2 nitrogen and oxygen atoms in total. The Morgan fingerprint density at radius 2 is 2.00 bits per heavy atom. The van der Waals surface area contributed by atoms with Gasteiger partial charge in [0.2, 0.25) is 0 Å². The topological polar surface area (TPSA) is 40.5 Å². The summed E-state index contributed by atoms with van der Waals surface area (Å²) in [5.74, 6) is 0.294. The molecule has 1 fully saturated rings. The molecule has 1 aliphatic carbocycles. The summed E-state index contributed by atoms with van der Waals surface area (Å²) in [6, 6.07) is 5.28. The van der Waals surface area contributed by atoms with Crippen molar-refractivity contribution in [1.29, 1.82) is 0 Å². The second-order valence-electron chi connectivity index (χ2n) is 3.53. The third kappa shape index (κ3) is 1.08. The molecule has 12 heavy (non-hydrogen) atoms. The van der Waals surface area contributed by atoms with Crippen LogP contribution in [-0.2, 0) is 5.60 Å². The Labute approximate surface area is 71.5 Å². The van der Waals surface area contributed by atoms with Crippen molar-refractivity contribution in [3.05, 3.63) is 29.3 Å². The van der Waals surface area contributed by atoms with Gasteiger partial charge in [0.05, 0.1) is 5.60 Å². The van der Waals surface area contributed by atoms with Gasteiger partial charge in [-0.3, -0.25) is 0 Å². The predicted octanol–water partition coefficient (Wildman–Crippen LogP) is 1.68. The highest BCUT2D eigenvalue weighted by atomic mass is 16.3. The summed E-state index contributed by atoms with van der Waals surface area (Å²) in [6.45, 7) is 1.84. The van der Waals surface area contributed by atoms with Gasteiger partial charge in [0.15, 0.2) is 0 Å². The quantitative estimate of drug-likeness (QED) is 0.663. The molecule has 0 amide bonds. The first-order chi connectivity index (χ1) is 5.62. The molecule has 2 N–H and O–H groups in total. The molecule has 2 heteroatoms. The van der Waals surface area contributed by atoms with Gasteiger partial charge in [0.25, 0.3) is 0 Å². The van der Waals surface area contributed by atoms with Gasteiger partial charge in [0.1, 0.15) is 5.75 Å². The second-order valence-corrected chi connectivity index (χ2v) is 3.53. The molecule has 1 saturated carbocycles. The lowest BCUT2D eigenvalue weighted by Gasteiger charge is -2.09. The molecule has 0 saturated heterocycles. The van der Waals surface area contributed by atoms with Crippen molar-refractivity contribution in [2.24, 2.45) is 0 Å². The van der Waals surface area contributed by atoms with E-state index in [1.807, 2.05) is 13.0 Å². The van der Waals surface area contributed by atoms with Crippen LogP contribution in [0.4, 0.5) is 0 Å². The molecule has 1 aromatic carbocycles. The van der Waals surface area contributed by atoms with Crippen LogP contribution >= 0.6 is 0 Å². The van der Waals surface area contributed by atoms with E-state index in [-0.39, 0.29) is 0 Å². The zero-order valence-electron chi connectivity index (χ0n) is 7.04. The number of aryl methyl sites for hydroxylation is 1. The van der Waals surface area contributed by atoms with Gasteiger partial charge in [-0.25, -0.2) is 0 Å². The Bertz CT molecular complexity index is 314. The summed E-state index contributed by atoms with van der Waals surface area (Å²) in [5.41, 5.74) is 1.17. The number of hydrogen-bond donors (Lipinski definition) is 2. The van der Waals surface area contributed by atoms with Crippen LogP contribution in [-0.4, -0.2) is 10.2 Å². The normalized spacial score (nSPS) is 19.2. The number of phenolic OH excluding ortho intramolecular Hbond substituents is 1. The van der Waals surface area contributed by atoms with E-state index in [9.17, 15) is 10.2 Å². The summed E-state index contributed by atoms with van der Waals surface area (Å²) >= 11 is 0. The summed E-state index contributed by atoms with van der Waals surface area (Å²) in [5, 5.41) is 19.0. The van der Waals surface area contributed by atoms with Gasteiger partial charge < -0.3 is 10.2 Å². The smallest absolute Gasteiger partial charge is 0.118 e. The fraction of sp³-hybridized carbons (Fsp3) is 0.400. The summed E-state index contributed by atoms with van der Waals surface area (Å²) < 4.78 is 0. The summed E-state index contributed by atoms with van der Waals surface area (Å²) in [6.07, 6.45) is 1.69. The monoisotopic (exact) mass is 164 g/mol. The Morgan fingerprint density at radius 3 is 2.50 bits per heavy atom. The molecule has 0 atom stereocenters. The molecular formula is C10H12O2. The average molecular weight is 164 g/mol. The molecule has 0 spiro atoms. The van der Waals surface area contributed by atoms with E-state index < -0.39 is 5.60 Å². The molecule has 0 aliphatic heterocycles. The van der Waals surface area contributed by atoms with Crippen molar-refractivity contribution in [2.75, 3.05) is 0 Å². The first kappa shape index (κ1) is 7.62. The number of rotatable bonds is 1. The maximum Gasteiger partial charge on any atom is 0.118 e. The van der Waals surface area contributed by atoms with Crippen molar-refractivity contribution < 1.29 is 10.2 Å². The van der Waals surface area contributed by atoms with Crippen molar-refractivity contribution in [2.45, 2.75) is 25.4 Å². The van der Waals surface area contributed by atoms with Crippen LogP contribution < -0.4 is 0 Å². The van der Waals surface area contributed by atoms with E-state index in [2.05, 4.69) is 0 Å². The highest BCUT2D eigenvalue weighted by Crippen LogP contribution is 2.45. The van der Waals surface area contributed by atoms with Gasteiger partial charge in [-0.05, 0) is 43.0 Å². The number of aliphatic hydroxyl groups is 1. The Hall–Kier alpha value is -1.02. The van der Waals surface area contributed by atoms with Crippen molar-refractivity contribution in [3.8, 4) is 5.75 Å². The molecule has 0 bridgehead atoms. The van der Waals surface area contributed by atoms with E-state index >= 15 is 0 Å². The van der Waals surface area contributed by atoms with Gasteiger partial charge in [-0.2, -0.15) is 0 Å². The zero-order valence-corrected chi connectivity index (χ0v) is 7.04. The number of benzene rings is 1. The summed E-state index contributed by atoms with van der Waals surface area (Å²) in [4.78, 5) is 0. The molecule has 1 aliphatic rings. The standard InChI is InChI=1S/C10H12O2/c1-7-6-8(2-3-9(7)11)10(12)4-5-10/h2-3,6,11-12H,4-5H2,1H3. The van der Waals surface area contributed by atoms with Crippen LogP contribution in [0, 0.1) is 6.92 Å². The third-order valence-corrected chi connectivity index (χ3v) is 2.46. The van der Waals surface area contributed by atoms with Gasteiger partial charge >= 0.3 is 0 Å². The first-order valence-corrected chi connectivity index (χ1v) is 4.14. The third-order valence-electron chi connectivity index (χ3n) is 2.46. The fourth-order valence-electron chi connectivity index (χ4n) is 1.35. The number of hydrogen-bond acceptors (Lipinski definition) is 2. The maximum absolute atomic E-state index is 9.73. The Kier molecular flexibility index (Phi) is 1.42. The number of phenols is 1.